The summed E-state index contributed by atoms with van der Waals surface area (Å²) in [5, 5.41) is 2.39. The van der Waals surface area contributed by atoms with Gasteiger partial charge in [-0.05, 0) is 75.9 Å². The minimum atomic E-state index is 0.523. The maximum atomic E-state index is 4.21. The number of allylic oxidation sites excluding steroid dienone is 12. The number of benzene rings is 2. The molecule has 0 atom stereocenters. The van der Waals surface area contributed by atoms with E-state index in [0.29, 0.717) is 5.92 Å². The number of hydrogen-bond donors (Lipinski definition) is 0. The van der Waals surface area contributed by atoms with Crippen molar-refractivity contribution in [2.75, 3.05) is 0 Å². The fraction of sp³-hybridized carbons (Fsp3) is 0.176. The molecule has 0 saturated carbocycles. The largest absolute Gasteiger partial charge is 0.0985 e. The molecule has 0 heterocycles. The van der Waals surface area contributed by atoms with Crippen molar-refractivity contribution in [3.05, 3.63) is 133 Å². The van der Waals surface area contributed by atoms with Crippen LogP contribution in [0.3, 0.4) is 0 Å². The zero-order valence-electron chi connectivity index (χ0n) is 21.3. The van der Waals surface area contributed by atoms with Crippen LogP contribution in [0, 0.1) is 5.92 Å². The van der Waals surface area contributed by atoms with Crippen molar-refractivity contribution in [1.29, 1.82) is 0 Å². The standard InChI is InChI=1S/C34H38/c1-9-18-27(11-3)33-29(12-4)30(13-5)34(32-22-17-16-21-31(32)33)28(24-23-26(8)10-2)20-15-14-19-25(6)7/h9-14,16-25H,2,4-5,8,15H2,1,3,6-7H3/b18-9-,19-14-,24-23-,27-11+,28-20+. The Labute approximate surface area is 207 Å². The fourth-order valence-corrected chi connectivity index (χ4v) is 4.09. The Hall–Kier alpha value is -3.64. The third-order valence-corrected chi connectivity index (χ3v) is 5.67. The average Bonchev–Trinajstić information content (AvgIpc) is 2.85. The third-order valence-electron chi connectivity index (χ3n) is 5.67. The highest BCUT2D eigenvalue weighted by Crippen LogP contribution is 2.40. The van der Waals surface area contributed by atoms with Gasteiger partial charge in [0.15, 0.2) is 0 Å². The molecule has 0 aliphatic rings. The molecule has 0 nitrogen and oxygen atoms in total. The van der Waals surface area contributed by atoms with Crippen LogP contribution < -0.4 is 0 Å². The lowest BCUT2D eigenvalue weighted by Crippen LogP contribution is -2.00. The molecule has 2 aromatic carbocycles. The van der Waals surface area contributed by atoms with Gasteiger partial charge < -0.3 is 0 Å². The van der Waals surface area contributed by atoms with E-state index in [1.54, 1.807) is 6.08 Å². The minimum absolute atomic E-state index is 0.523. The van der Waals surface area contributed by atoms with Gasteiger partial charge in [0.25, 0.3) is 0 Å². The molecule has 174 valence electrons. The first-order valence-corrected chi connectivity index (χ1v) is 11.9. The number of hydrogen-bond acceptors (Lipinski definition) is 0. The fourth-order valence-electron chi connectivity index (χ4n) is 4.09. The summed E-state index contributed by atoms with van der Waals surface area (Å²) in [5.41, 5.74) is 7.69. The molecule has 0 fully saturated rings. The second-order valence-electron chi connectivity index (χ2n) is 8.45. The maximum absolute atomic E-state index is 4.21. The van der Waals surface area contributed by atoms with Crippen LogP contribution >= 0.6 is 0 Å². The molecule has 0 amide bonds. The first-order chi connectivity index (χ1) is 16.4. The minimum Gasteiger partial charge on any atom is -0.0985 e. The summed E-state index contributed by atoms with van der Waals surface area (Å²) >= 11 is 0. The molecule has 0 spiro atoms. The van der Waals surface area contributed by atoms with Crippen LogP contribution in [0.2, 0.25) is 0 Å². The van der Waals surface area contributed by atoms with E-state index in [-0.39, 0.29) is 0 Å². The van der Waals surface area contributed by atoms with Gasteiger partial charge in [0.1, 0.15) is 0 Å². The lowest BCUT2D eigenvalue weighted by Gasteiger charge is -2.21. The molecule has 2 aromatic rings. The van der Waals surface area contributed by atoms with Gasteiger partial charge in [0.2, 0.25) is 0 Å². The molecule has 0 aliphatic heterocycles. The van der Waals surface area contributed by atoms with Gasteiger partial charge in [-0.3, -0.25) is 0 Å². The summed E-state index contributed by atoms with van der Waals surface area (Å²) in [7, 11) is 0. The Bertz CT molecular complexity index is 1220. The van der Waals surface area contributed by atoms with E-state index in [9.17, 15) is 0 Å². The van der Waals surface area contributed by atoms with E-state index in [2.05, 4.69) is 114 Å². The summed E-state index contributed by atoms with van der Waals surface area (Å²) < 4.78 is 0. The van der Waals surface area contributed by atoms with E-state index in [1.807, 2.05) is 25.2 Å². The molecule has 0 N–H and O–H groups in total. The van der Waals surface area contributed by atoms with Gasteiger partial charge >= 0.3 is 0 Å². The van der Waals surface area contributed by atoms with E-state index < -0.39 is 0 Å². The smallest absolute Gasteiger partial charge is 0.00297 e. The topological polar surface area (TPSA) is 0 Å². The van der Waals surface area contributed by atoms with Crippen LogP contribution in [0.25, 0.3) is 34.1 Å². The molecular formula is C34H38. The molecule has 0 aromatic heterocycles. The predicted molar refractivity (Wildman–Crippen MR) is 158 cm³/mol. The first kappa shape index (κ1) is 26.6. The molecule has 2 rings (SSSR count). The average molecular weight is 447 g/mol. The molecule has 34 heavy (non-hydrogen) atoms. The van der Waals surface area contributed by atoms with Gasteiger partial charge in [-0.1, -0.05) is 131 Å². The maximum Gasteiger partial charge on any atom is -0.00297 e. The Morgan fingerprint density at radius 1 is 0.853 bits per heavy atom. The van der Waals surface area contributed by atoms with Crippen LogP contribution in [-0.2, 0) is 0 Å². The molecular weight excluding hydrogens is 408 g/mol. The monoisotopic (exact) mass is 446 g/mol. The SMILES string of the molecule is C=CC(=C)/C=C\C(=C/C/C=C\C(C)C)c1c(C=C)c(C=C)c(C(/C=C\C)=C/C)c2ccccc12. The van der Waals surface area contributed by atoms with Crippen LogP contribution in [0.15, 0.2) is 111 Å². The Morgan fingerprint density at radius 2 is 1.44 bits per heavy atom. The molecule has 0 saturated heterocycles. The lowest BCUT2D eigenvalue weighted by atomic mass is 9.82. The van der Waals surface area contributed by atoms with Gasteiger partial charge in [-0.2, -0.15) is 0 Å². The Morgan fingerprint density at radius 3 is 1.91 bits per heavy atom. The highest BCUT2D eigenvalue weighted by atomic mass is 14.2. The van der Waals surface area contributed by atoms with E-state index in [4.69, 9.17) is 0 Å². The van der Waals surface area contributed by atoms with Gasteiger partial charge in [-0.25, -0.2) is 0 Å². The summed E-state index contributed by atoms with van der Waals surface area (Å²) in [4.78, 5) is 0. The quantitative estimate of drug-likeness (QED) is 0.238. The van der Waals surface area contributed by atoms with E-state index >= 15 is 0 Å². The van der Waals surface area contributed by atoms with Crippen molar-refractivity contribution in [3.63, 3.8) is 0 Å². The Kier molecular flexibility index (Phi) is 10.3. The molecule has 0 unspecified atom stereocenters. The van der Waals surface area contributed by atoms with Gasteiger partial charge in [0, 0.05) is 0 Å². The van der Waals surface area contributed by atoms with E-state index in [1.165, 1.54) is 21.9 Å². The zero-order valence-corrected chi connectivity index (χ0v) is 21.3. The van der Waals surface area contributed by atoms with Crippen molar-refractivity contribution in [2.24, 2.45) is 5.92 Å². The summed E-state index contributed by atoms with van der Waals surface area (Å²) in [5.74, 6) is 0.523. The van der Waals surface area contributed by atoms with Crippen LogP contribution in [0.1, 0.15) is 56.4 Å². The number of fused-ring (bicyclic) bond motifs is 1. The molecule has 0 bridgehead atoms. The highest BCUT2D eigenvalue weighted by Gasteiger charge is 2.19. The number of rotatable bonds is 11. The van der Waals surface area contributed by atoms with Gasteiger partial charge in [0.05, 0.1) is 0 Å². The van der Waals surface area contributed by atoms with Crippen molar-refractivity contribution in [1.82, 2.24) is 0 Å². The molecule has 0 radical (unpaired) electrons. The summed E-state index contributed by atoms with van der Waals surface area (Å²) in [6.45, 7) is 24.8. The first-order valence-electron chi connectivity index (χ1n) is 11.9. The van der Waals surface area contributed by atoms with Crippen molar-refractivity contribution in [2.45, 2.75) is 34.1 Å². The Balaban J connectivity index is 3.00. The van der Waals surface area contributed by atoms with Crippen LogP contribution in [-0.4, -0.2) is 0 Å². The molecule has 0 heteroatoms. The van der Waals surface area contributed by atoms with Crippen molar-refractivity contribution in [3.8, 4) is 0 Å². The summed E-state index contributed by atoms with van der Waals surface area (Å²) in [6, 6.07) is 8.60. The van der Waals surface area contributed by atoms with Crippen molar-refractivity contribution >= 4 is 34.1 Å². The van der Waals surface area contributed by atoms with Crippen LogP contribution in [0.4, 0.5) is 0 Å². The predicted octanol–water partition coefficient (Wildman–Crippen LogP) is 10.4. The van der Waals surface area contributed by atoms with Crippen molar-refractivity contribution < 1.29 is 0 Å². The second kappa shape index (κ2) is 13.2. The summed E-state index contributed by atoms with van der Waals surface area (Å²) in [6.07, 6.45) is 23.8. The zero-order chi connectivity index (χ0) is 25.1. The normalized spacial score (nSPS) is 13.0. The van der Waals surface area contributed by atoms with Gasteiger partial charge in [-0.15, -0.1) is 0 Å². The highest BCUT2D eigenvalue weighted by molar-refractivity contribution is 6.08. The second-order valence-corrected chi connectivity index (χ2v) is 8.45. The molecule has 0 aliphatic carbocycles. The lowest BCUT2D eigenvalue weighted by molar-refractivity contribution is 0.828. The van der Waals surface area contributed by atoms with E-state index in [0.717, 1.165) is 34.3 Å². The third kappa shape index (κ3) is 6.23. The van der Waals surface area contributed by atoms with Crippen LogP contribution in [0.5, 0.6) is 0 Å².